The van der Waals surface area contributed by atoms with E-state index in [9.17, 15) is 13.2 Å². The molecule has 0 unspecified atom stereocenters. The van der Waals surface area contributed by atoms with Gasteiger partial charge in [0.05, 0.1) is 49.1 Å². The summed E-state index contributed by atoms with van der Waals surface area (Å²) in [6, 6.07) is 5.40. The Hall–Kier alpha value is -1.02. The number of rotatable bonds is 4. The number of piperazine rings is 1. The Bertz CT molecular complexity index is 779. The minimum Gasteiger partial charge on any atom is -0.360 e. The molecule has 0 spiro atoms. The van der Waals surface area contributed by atoms with E-state index in [0.29, 0.717) is 6.54 Å². The second-order valence-corrected chi connectivity index (χ2v) is 10.3. The van der Waals surface area contributed by atoms with Crippen molar-refractivity contribution in [3.8, 4) is 0 Å². The van der Waals surface area contributed by atoms with E-state index in [4.69, 9.17) is 23.2 Å². The Labute approximate surface area is 164 Å². The number of halogens is 2. The molecule has 3 rings (SSSR count). The van der Waals surface area contributed by atoms with Crippen LogP contribution in [0.1, 0.15) is 5.56 Å². The zero-order valence-electron chi connectivity index (χ0n) is 14.7. The fourth-order valence-corrected chi connectivity index (χ4v) is 6.30. The number of quaternary nitrogens is 1. The predicted molar refractivity (Wildman–Crippen MR) is 104 cm³/mol. The quantitative estimate of drug-likeness (QED) is 0.665. The van der Waals surface area contributed by atoms with Crippen LogP contribution in [0, 0.1) is 6.92 Å². The van der Waals surface area contributed by atoms with Crippen molar-refractivity contribution in [1.82, 2.24) is 5.32 Å². The van der Waals surface area contributed by atoms with Crippen molar-refractivity contribution < 1.29 is 18.1 Å². The van der Waals surface area contributed by atoms with Gasteiger partial charge in [-0.2, -0.15) is 0 Å². The Kier molecular flexibility index (Phi) is 6.01. The molecule has 0 aliphatic carbocycles. The minimum atomic E-state index is -3.14. The highest BCUT2D eigenvalue weighted by Gasteiger charge is 2.37. The standard InChI is InChI=1S/C17H23Cl2N3O3S/c1-12-2-3-13(18)8-16(12)22-6-4-21(5-7-22)9-17(23)20-15-11-26(24,25)10-14(15)19/h2-3,8,14-15H,4-7,9-11H2,1H3,(H,20,23)/p+1/t14-,15-/m0/s1. The number of carbonyl (C=O) groups excluding carboxylic acids is 1. The zero-order chi connectivity index (χ0) is 18.9. The molecule has 1 aromatic carbocycles. The largest absolute Gasteiger partial charge is 0.360 e. The molecule has 2 N–H and O–H groups in total. The number of hydrogen-bond acceptors (Lipinski definition) is 4. The molecule has 2 heterocycles. The zero-order valence-corrected chi connectivity index (χ0v) is 17.0. The van der Waals surface area contributed by atoms with Crippen LogP contribution in [-0.4, -0.2) is 70.0 Å². The summed E-state index contributed by atoms with van der Waals surface area (Å²) in [6.07, 6.45) is 0. The number of benzene rings is 1. The number of hydrogen-bond donors (Lipinski definition) is 2. The Morgan fingerprint density at radius 1 is 1.31 bits per heavy atom. The lowest BCUT2D eigenvalue weighted by molar-refractivity contribution is -0.892. The molecule has 2 aliphatic heterocycles. The molecular weight excluding hydrogens is 397 g/mol. The number of alkyl halides is 1. The first-order valence-corrected chi connectivity index (χ1v) is 11.4. The smallest absolute Gasteiger partial charge is 0.275 e. The topological polar surface area (TPSA) is 70.9 Å². The van der Waals surface area contributed by atoms with Crippen molar-refractivity contribution in [3.63, 3.8) is 0 Å². The first kappa shape index (κ1) is 19.7. The first-order chi connectivity index (χ1) is 12.2. The predicted octanol–water partition coefficient (Wildman–Crippen LogP) is -0.126. The van der Waals surface area contributed by atoms with Crippen molar-refractivity contribution >= 4 is 44.6 Å². The molecule has 2 saturated heterocycles. The van der Waals surface area contributed by atoms with Gasteiger partial charge in [-0.25, -0.2) is 8.42 Å². The molecule has 0 aromatic heterocycles. The van der Waals surface area contributed by atoms with Crippen molar-refractivity contribution in [2.45, 2.75) is 18.3 Å². The van der Waals surface area contributed by atoms with E-state index in [1.165, 1.54) is 10.5 Å². The molecule has 1 aromatic rings. The summed E-state index contributed by atoms with van der Waals surface area (Å²) in [5, 5.41) is 2.97. The van der Waals surface area contributed by atoms with Crippen molar-refractivity contribution in [1.29, 1.82) is 0 Å². The summed E-state index contributed by atoms with van der Waals surface area (Å²) in [5.41, 5.74) is 2.33. The van der Waals surface area contributed by atoms with Gasteiger partial charge >= 0.3 is 0 Å². The molecular formula is C17H24Cl2N3O3S+. The maximum absolute atomic E-state index is 12.3. The van der Waals surface area contributed by atoms with Gasteiger partial charge < -0.3 is 15.1 Å². The fourth-order valence-electron chi connectivity index (χ4n) is 3.59. The van der Waals surface area contributed by atoms with E-state index < -0.39 is 21.3 Å². The van der Waals surface area contributed by atoms with Crippen molar-refractivity contribution in [2.75, 3.05) is 49.1 Å². The SMILES string of the molecule is Cc1ccc(Cl)cc1N1CC[NH+](CC(=O)N[C@H]2CS(=O)(=O)C[C@@H]2Cl)CC1. The molecule has 0 saturated carbocycles. The van der Waals surface area contributed by atoms with Gasteiger partial charge in [-0.3, -0.25) is 4.79 Å². The summed E-state index contributed by atoms with van der Waals surface area (Å²) >= 11 is 12.2. The van der Waals surface area contributed by atoms with Gasteiger partial charge in [-0.05, 0) is 24.6 Å². The van der Waals surface area contributed by atoms with E-state index >= 15 is 0 Å². The van der Waals surface area contributed by atoms with Gasteiger partial charge in [-0.15, -0.1) is 11.6 Å². The molecule has 144 valence electrons. The van der Waals surface area contributed by atoms with Crippen LogP contribution in [-0.2, 0) is 14.6 Å². The average Bonchev–Trinajstić information content (AvgIpc) is 2.82. The Balaban J connectivity index is 1.49. The van der Waals surface area contributed by atoms with Crippen LogP contribution in [0.2, 0.25) is 5.02 Å². The van der Waals surface area contributed by atoms with Crippen LogP contribution >= 0.6 is 23.2 Å². The van der Waals surface area contributed by atoms with Crippen molar-refractivity contribution in [2.24, 2.45) is 0 Å². The lowest BCUT2D eigenvalue weighted by Crippen LogP contribution is -3.16. The molecule has 2 atom stereocenters. The lowest BCUT2D eigenvalue weighted by atomic mass is 10.1. The van der Waals surface area contributed by atoms with E-state index in [0.717, 1.165) is 36.9 Å². The number of amides is 1. The molecule has 9 heteroatoms. The number of sulfone groups is 1. The van der Waals surface area contributed by atoms with Gasteiger partial charge in [0.1, 0.15) is 0 Å². The summed E-state index contributed by atoms with van der Waals surface area (Å²) in [7, 11) is -3.14. The maximum atomic E-state index is 12.3. The number of nitrogens with one attached hydrogen (secondary N) is 2. The summed E-state index contributed by atoms with van der Waals surface area (Å²) < 4.78 is 23.2. The third kappa shape index (κ3) is 4.82. The molecule has 2 fully saturated rings. The van der Waals surface area contributed by atoms with E-state index in [1.807, 2.05) is 18.2 Å². The van der Waals surface area contributed by atoms with E-state index in [2.05, 4.69) is 17.1 Å². The molecule has 0 bridgehead atoms. The van der Waals surface area contributed by atoms with Gasteiger partial charge in [-0.1, -0.05) is 17.7 Å². The lowest BCUT2D eigenvalue weighted by Gasteiger charge is -2.34. The van der Waals surface area contributed by atoms with Crippen molar-refractivity contribution in [3.05, 3.63) is 28.8 Å². The first-order valence-electron chi connectivity index (χ1n) is 8.72. The van der Waals surface area contributed by atoms with Gasteiger partial charge in [0.2, 0.25) is 0 Å². The fraction of sp³-hybridized carbons (Fsp3) is 0.588. The highest BCUT2D eigenvalue weighted by atomic mass is 35.5. The van der Waals surface area contributed by atoms with Crippen LogP contribution in [0.3, 0.4) is 0 Å². The monoisotopic (exact) mass is 420 g/mol. The number of aryl methyl sites for hydroxylation is 1. The van der Waals surface area contributed by atoms with Crippen LogP contribution in [0.15, 0.2) is 18.2 Å². The summed E-state index contributed by atoms with van der Waals surface area (Å²) in [6.45, 7) is 5.78. The maximum Gasteiger partial charge on any atom is 0.275 e. The second-order valence-electron chi connectivity index (χ2n) is 7.11. The highest BCUT2D eigenvalue weighted by Crippen LogP contribution is 2.24. The highest BCUT2D eigenvalue weighted by molar-refractivity contribution is 7.91. The second kappa shape index (κ2) is 7.92. The average molecular weight is 421 g/mol. The number of nitrogens with zero attached hydrogens (tertiary/aromatic N) is 1. The van der Waals surface area contributed by atoms with Crippen LogP contribution in [0.4, 0.5) is 5.69 Å². The molecule has 26 heavy (non-hydrogen) atoms. The molecule has 6 nitrogen and oxygen atoms in total. The Morgan fingerprint density at radius 2 is 2.00 bits per heavy atom. The Morgan fingerprint density at radius 3 is 2.62 bits per heavy atom. The van der Waals surface area contributed by atoms with Gasteiger partial charge in [0.25, 0.3) is 5.91 Å². The van der Waals surface area contributed by atoms with Crippen LogP contribution in [0.25, 0.3) is 0 Å². The molecule has 1 amide bonds. The molecule has 2 aliphatic rings. The third-order valence-corrected chi connectivity index (χ3v) is 7.63. The minimum absolute atomic E-state index is 0.0654. The number of carbonyl (C=O) groups is 1. The van der Waals surface area contributed by atoms with Gasteiger partial charge in [0, 0.05) is 10.7 Å². The molecule has 0 radical (unpaired) electrons. The van der Waals surface area contributed by atoms with E-state index in [-0.39, 0.29) is 17.4 Å². The van der Waals surface area contributed by atoms with E-state index in [1.54, 1.807) is 0 Å². The van der Waals surface area contributed by atoms with Crippen LogP contribution < -0.4 is 15.1 Å². The summed E-state index contributed by atoms with van der Waals surface area (Å²) in [4.78, 5) is 15.7. The summed E-state index contributed by atoms with van der Waals surface area (Å²) in [5.74, 6) is -0.270. The number of anilines is 1. The van der Waals surface area contributed by atoms with Gasteiger partial charge in [0.15, 0.2) is 16.4 Å². The normalized spacial score (nSPS) is 26.0. The third-order valence-electron chi connectivity index (χ3n) is 5.02. The van der Waals surface area contributed by atoms with Crippen LogP contribution in [0.5, 0.6) is 0 Å².